The number of hydrogen-bond donors (Lipinski definition) is 2. The van der Waals surface area contributed by atoms with Gasteiger partial charge in [-0.1, -0.05) is 0 Å². The van der Waals surface area contributed by atoms with Gasteiger partial charge in [0.05, 0.1) is 0 Å². The van der Waals surface area contributed by atoms with Crippen LogP contribution in [0.2, 0.25) is 0 Å². The van der Waals surface area contributed by atoms with Gasteiger partial charge in [0.1, 0.15) is 23.0 Å². The number of rotatable bonds is 5. The van der Waals surface area contributed by atoms with Crippen molar-refractivity contribution < 1.29 is 23.8 Å². The van der Waals surface area contributed by atoms with Gasteiger partial charge in [-0.15, -0.1) is 0 Å². The Morgan fingerprint density at radius 1 is 1.32 bits per heavy atom. The lowest BCUT2D eigenvalue weighted by Crippen LogP contribution is -2.38. The van der Waals surface area contributed by atoms with Crippen LogP contribution in [0, 0.1) is 6.92 Å². The molecule has 7 heteroatoms. The van der Waals surface area contributed by atoms with Crippen molar-refractivity contribution in [2.75, 3.05) is 0 Å². The number of fused-ring (bicyclic) bond motifs is 2. The summed E-state index contributed by atoms with van der Waals surface area (Å²) in [6, 6.07) is 2.79. The van der Waals surface area contributed by atoms with Gasteiger partial charge < -0.3 is 19.6 Å². The smallest absolute Gasteiger partial charge is 0.339 e. The zero-order valence-electron chi connectivity index (χ0n) is 16.5. The molecule has 2 heterocycles. The Kier molecular flexibility index (Phi) is 5.19. The summed E-state index contributed by atoms with van der Waals surface area (Å²) in [6.45, 7) is 7.29. The number of hydrogen-bond acceptors (Lipinski definition) is 5. The molecule has 0 spiro atoms. The van der Waals surface area contributed by atoms with E-state index in [4.69, 9.17) is 14.3 Å². The molecule has 0 fully saturated rings. The standard InChI is InChI=1S/C21H25NO6/c1-11-14(5-6-18(23)22-12(2)19(24)25)20(26)27-17-10-16-13(9-15(11)17)7-8-21(3,4)28-16/h9-10,12H,5-8H2,1-4H3,(H,22,23)(H,24,25)/t12-/m1/s1. The van der Waals surface area contributed by atoms with Gasteiger partial charge in [-0.2, -0.15) is 0 Å². The van der Waals surface area contributed by atoms with E-state index in [1.54, 1.807) is 6.07 Å². The van der Waals surface area contributed by atoms with E-state index in [-0.39, 0.29) is 18.4 Å². The third kappa shape index (κ3) is 4.03. The zero-order valence-corrected chi connectivity index (χ0v) is 16.5. The van der Waals surface area contributed by atoms with Gasteiger partial charge in [0.15, 0.2) is 0 Å². The van der Waals surface area contributed by atoms with Crippen molar-refractivity contribution in [1.82, 2.24) is 5.32 Å². The van der Waals surface area contributed by atoms with Crippen LogP contribution in [0.3, 0.4) is 0 Å². The van der Waals surface area contributed by atoms with E-state index in [0.29, 0.717) is 11.1 Å². The van der Waals surface area contributed by atoms with Crippen LogP contribution in [0.5, 0.6) is 5.75 Å². The van der Waals surface area contributed by atoms with Gasteiger partial charge >= 0.3 is 11.6 Å². The number of nitrogens with one attached hydrogen (secondary N) is 1. The van der Waals surface area contributed by atoms with Crippen LogP contribution in [0.25, 0.3) is 11.0 Å². The fraction of sp³-hybridized carbons (Fsp3) is 0.476. The summed E-state index contributed by atoms with van der Waals surface area (Å²) in [5.74, 6) is -0.791. The van der Waals surface area contributed by atoms with Crippen LogP contribution >= 0.6 is 0 Å². The van der Waals surface area contributed by atoms with Crippen molar-refractivity contribution in [2.45, 2.75) is 65.0 Å². The van der Waals surface area contributed by atoms with Gasteiger partial charge in [-0.05, 0) is 64.2 Å². The molecule has 0 unspecified atom stereocenters. The van der Waals surface area contributed by atoms with Crippen LogP contribution in [0.15, 0.2) is 21.3 Å². The van der Waals surface area contributed by atoms with Crippen LogP contribution in [-0.2, 0) is 22.4 Å². The molecular weight excluding hydrogens is 362 g/mol. The maximum atomic E-state index is 12.5. The molecule has 2 N–H and O–H groups in total. The van der Waals surface area contributed by atoms with E-state index in [1.165, 1.54) is 6.92 Å². The molecule has 7 nitrogen and oxygen atoms in total. The SMILES string of the molecule is Cc1c(CCC(=O)N[C@H](C)C(=O)O)c(=O)oc2cc3c(cc12)CCC(C)(C)O3. The van der Waals surface area contributed by atoms with E-state index in [1.807, 2.05) is 26.8 Å². The van der Waals surface area contributed by atoms with E-state index in [0.717, 1.165) is 35.1 Å². The van der Waals surface area contributed by atoms with Crippen molar-refractivity contribution in [3.05, 3.63) is 39.2 Å². The maximum Gasteiger partial charge on any atom is 0.339 e. The largest absolute Gasteiger partial charge is 0.487 e. The van der Waals surface area contributed by atoms with Gasteiger partial charge in [0, 0.05) is 23.4 Å². The Labute approximate surface area is 162 Å². The van der Waals surface area contributed by atoms with E-state index in [9.17, 15) is 14.4 Å². The molecule has 1 aromatic heterocycles. The van der Waals surface area contributed by atoms with Crippen molar-refractivity contribution >= 4 is 22.8 Å². The molecule has 0 saturated carbocycles. The normalized spacial score (nSPS) is 16.1. The highest BCUT2D eigenvalue weighted by Gasteiger charge is 2.27. The molecule has 3 rings (SSSR count). The average Bonchev–Trinajstić information content (AvgIpc) is 2.59. The average molecular weight is 387 g/mol. The predicted molar refractivity (Wildman–Crippen MR) is 104 cm³/mol. The van der Waals surface area contributed by atoms with Crippen LogP contribution in [-0.4, -0.2) is 28.6 Å². The molecule has 1 amide bonds. The van der Waals surface area contributed by atoms with Crippen LogP contribution < -0.4 is 15.7 Å². The number of carboxylic acids is 1. The first-order chi connectivity index (χ1) is 13.1. The number of ether oxygens (including phenoxy) is 1. The quantitative estimate of drug-likeness (QED) is 0.764. The molecule has 0 radical (unpaired) electrons. The van der Waals surface area contributed by atoms with Crippen LogP contribution in [0.4, 0.5) is 0 Å². The lowest BCUT2D eigenvalue weighted by atomic mass is 9.92. The number of carbonyl (C=O) groups excluding carboxylic acids is 1. The minimum absolute atomic E-state index is 0.0109. The molecule has 2 aromatic rings. The Balaban J connectivity index is 1.87. The van der Waals surface area contributed by atoms with Gasteiger partial charge in [0.2, 0.25) is 5.91 Å². The first-order valence-electron chi connectivity index (χ1n) is 9.38. The van der Waals surface area contributed by atoms with Gasteiger partial charge in [0.25, 0.3) is 0 Å². The van der Waals surface area contributed by atoms with E-state index >= 15 is 0 Å². The molecule has 0 aliphatic carbocycles. The Morgan fingerprint density at radius 2 is 2.04 bits per heavy atom. The lowest BCUT2D eigenvalue weighted by molar-refractivity contribution is -0.141. The molecule has 28 heavy (non-hydrogen) atoms. The molecule has 0 saturated heterocycles. The summed E-state index contributed by atoms with van der Waals surface area (Å²) < 4.78 is 11.5. The minimum atomic E-state index is -1.11. The molecular formula is C21H25NO6. The van der Waals surface area contributed by atoms with Crippen molar-refractivity contribution in [2.24, 2.45) is 0 Å². The highest BCUT2D eigenvalue weighted by molar-refractivity contribution is 5.85. The molecule has 1 aromatic carbocycles. The van der Waals surface area contributed by atoms with E-state index in [2.05, 4.69) is 5.32 Å². The molecule has 150 valence electrons. The lowest BCUT2D eigenvalue weighted by Gasteiger charge is -2.32. The number of carboxylic acid groups (broad SMARTS) is 1. The third-order valence-corrected chi connectivity index (χ3v) is 5.20. The van der Waals surface area contributed by atoms with E-state index < -0.39 is 23.5 Å². The van der Waals surface area contributed by atoms with Crippen LogP contribution in [0.1, 0.15) is 50.3 Å². The van der Waals surface area contributed by atoms with Crippen molar-refractivity contribution in [3.8, 4) is 5.75 Å². The monoisotopic (exact) mass is 387 g/mol. The fourth-order valence-electron chi connectivity index (χ4n) is 3.44. The first kappa shape index (κ1) is 19.9. The fourth-order valence-corrected chi connectivity index (χ4v) is 3.44. The molecule has 1 aliphatic rings. The number of aliphatic carboxylic acids is 1. The van der Waals surface area contributed by atoms with Crippen molar-refractivity contribution in [1.29, 1.82) is 0 Å². The summed E-state index contributed by atoms with van der Waals surface area (Å²) in [6.07, 6.45) is 1.97. The Hall–Kier alpha value is -2.83. The molecule has 1 atom stereocenters. The van der Waals surface area contributed by atoms with Crippen molar-refractivity contribution in [3.63, 3.8) is 0 Å². The third-order valence-electron chi connectivity index (χ3n) is 5.20. The molecule has 1 aliphatic heterocycles. The highest BCUT2D eigenvalue weighted by atomic mass is 16.5. The second-order valence-electron chi connectivity index (χ2n) is 7.94. The summed E-state index contributed by atoms with van der Waals surface area (Å²) in [7, 11) is 0. The second-order valence-corrected chi connectivity index (χ2v) is 7.94. The first-order valence-corrected chi connectivity index (χ1v) is 9.38. The summed E-state index contributed by atoms with van der Waals surface area (Å²) in [5, 5.41) is 12.1. The van der Waals surface area contributed by atoms with Gasteiger partial charge in [-0.25, -0.2) is 4.79 Å². The van der Waals surface area contributed by atoms with Gasteiger partial charge in [-0.3, -0.25) is 9.59 Å². The topological polar surface area (TPSA) is 106 Å². The Morgan fingerprint density at radius 3 is 2.71 bits per heavy atom. The number of aryl methyl sites for hydroxylation is 2. The zero-order chi connectivity index (χ0) is 20.6. The number of amides is 1. The predicted octanol–water partition coefficient (Wildman–Crippen LogP) is 2.73. The maximum absolute atomic E-state index is 12.5. The number of carbonyl (C=O) groups is 2. The summed E-state index contributed by atoms with van der Waals surface area (Å²) >= 11 is 0. The highest BCUT2D eigenvalue weighted by Crippen LogP contribution is 2.36. The number of benzene rings is 1. The second kappa shape index (κ2) is 7.30. The Bertz CT molecular complexity index is 1000. The minimum Gasteiger partial charge on any atom is -0.487 e. The summed E-state index contributed by atoms with van der Waals surface area (Å²) in [5.41, 5.74) is 2.00. The molecule has 0 bridgehead atoms. The summed E-state index contributed by atoms with van der Waals surface area (Å²) in [4.78, 5) is 35.2.